The van der Waals surface area contributed by atoms with Gasteiger partial charge in [-0.05, 0) is 167 Å². The second-order valence-corrected chi connectivity index (χ2v) is 20.8. The van der Waals surface area contributed by atoms with Crippen LogP contribution in [-0.2, 0) is 5.41 Å². The van der Waals surface area contributed by atoms with E-state index < -0.39 is 0 Å². The minimum absolute atomic E-state index is 0.0656. The third kappa shape index (κ3) is 13.2. The lowest BCUT2D eigenvalue weighted by molar-refractivity contribution is 0.388. The third-order valence-electron chi connectivity index (χ3n) is 15.4. The fraction of sp³-hybridized carbons (Fsp3) is 0.263. The molecule has 0 saturated carbocycles. The van der Waals surface area contributed by atoms with Crippen LogP contribution >= 0.6 is 0 Å². The highest BCUT2D eigenvalue weighted by Gasteiger charge is 2.41. The molecular weight excluding hydrogens is 927 g/mol. The maximum absolute atomic E-state index is 2.62. The van der Waals surface area contributed by atoms with Crippen molar-refractivity contribution in [2.24, 2.45) is 17.8 Å². The van der Waals surface area contributed by atoms with Crippen molar-refractivity contribution in [3.8, 4) is 27.9 Å². The fourth-order valence-corrected chi connectivity index (χ4v) is 11.3. The summed E-state index contributed by atoms with van der Waals surface area (Å²) in [5.74, 6) is 2.14. The molecule has 1 nitrogen and oxygen atoms in total. The molecule has 0 saturated heterocycles. The monoisotopic (exact) mass is 1010 g/mol. The van der Waals surface area contributed by atoms with Crippen LogP contribution in [0.15, 0.2) is 236 Å². The van der Waals surface area contributed by atoms with Crippen LogP contribution in [0.1, 0.15) is 126 Å². The van der Waals surface area contributed by atoms with Gasteiger partial charge in [0, 0.05) is 28.6 Å². The topological polar surface area (TPSA) is 4.93 Å². The largest absolute Gasteiger partial charge is 0.317 e. The molecular formula is C76H85N. The maximum atomic E-state index is 2.62. The second-order valence-electron chi connectivity index (χ2n) is 20.8. The Morgan fingerprint density at radius 2 is 1.18 bits per heavy atom. The number of fused-ring (bicyclic) bond motifs is 4. The van der Waals surface area contributed by atoms with Crippen molar-refractivity contribution in [2.75, 3.05) is 0 Å². The van der Waals surface area contributed by atoms with Crippen molar-refractivity contribution >= 4 is 22.0 Å². The maximum Gasteiger partial charge on any atom is 0.0531 e. The molecule has 0 radical (unpaired) electrons. The van der Waals surface area contributed by atoms with Crippen molar-refractivity contribution in [3.63, 3.8) is 0 Å². The summed E-state index contributed by atoms with van der Waals surface area (Å²) in [6.45, 7) is 27.9. The molecule has 0 spiro atoms. The normalized spacial score (nSPS) is 18.0. The zero-order valence-electron chi connectivity index (χ0n) is 48.6. The molecule has 0 bridgehead atoms. The Hall–Kier alpha value is -7.48. The lowest BCUT2D eigenvalue weighted by atomic mass is 9.71. The smallest absolute Gasteiger partial charge is 0.0531 e. The summed E-state index contributed by atoms with van der Waals surface area (Å²) in [5.41, 5.74) is 23.0. The number of rotatable bonds is 6. The number of hydrogen-bond acceptors (Lipinski definition) is 0. The van der Waals surface area contributed by atoms with Crippen molar-refractivity contribution < 1.29 is 0 Å². The van der Waals surface area contributed by atoms with Gasteiger partial charge >= 0.3 is 0 Å². The number of aryl methyl sites for hydroxylation is 4. The molecule has 8 aromatic rings. The van der Waals surface area contributed by atoms with Crippen molar-refractivity contribution in [3.05, 3.63) is 281 Å². The van der Waals surface area contributed by atoms with Crippen molar-refractivity contribution in [1.29, 1.82) is 0 Å². The van der Waals surface area contributed by atoms with Crippen molar-refractivity contribution in [1.82, 2.24) is 4.57 Å². The van der Waals surface area contributed by atoms with E-state index in [1.807, 2.05) is 41.5 Å². The number of benzene rings is 7. The van der Waals surface area contributed by atoms with E-state index in [9.17, 15) is 0 Å². The van der Waals surface area contributed by atoms with Crippen LogP contribution in [0, 0.1) is 45.4 Å². The molecule has 0 amide bonds. The zero-order valence-corrected chi connectivity index (χ0v) is 48.6. The highest BCUT2D eigenvalue weighted by atomic mass is 15.0. The Bertz CT molecular complexity index is 3380. The molecule has 1 heterocycles. The molecule has 4 aliphatic carbocycles. The average Bonchev–Trinajstić information content (AvgIpc) is 4.04. The van der Waals surface area contributed by atoms with Gasteiger partial charge in [-0.1, -0.05) is 262 Å². The van der Waals surface area contributed by atoms with E-state index in [-0.39, 0.29) is 5.41 Å². The van der Waals surface area contributed by atoms with Gasteiger partial charge < -0.3 is 4.57 Å². The van der Waals surface area contributed by atoms with E-state index in [0.717, 1.165) is 12.8 Å². The minimum atomic E-state index is 0.0656. The van der Waals surface area contributed by atoms with Gasteiger partial charge in [-0.25, -0.2) is 0 Å². The van der Waals surface area contributed by atoms with Gasteiger partial charge in [-0.15, -0.1) is 0 Å². The van der Waals surface area contributed by atoms with E-state index in [1.54, 1.807) is 0 Å². The summed E-state index contributed by atoms with van der Waals surface area (Å²) in [5, 5.41) is 1.28. The van der Waals surface area contributed by atoms with Crippen LogP contribution in [0.4, 0.5) is 0 Å². The predicted octanol–water partition coefficient (Wildman–Crippen LogP) is 21.8. The first-order valence-electron chi connectivity index (χ1n) is 28.7. The molecule has 0 aliphatic heterocycles. The molecule has 394 valence electrons. The van der Waals surface area contributed by atoms with Crippen LogP contribution in [0.2, 0.25) is 0 Å². The summed E-state index contributed by atoms with van der Waals surface area (Å²) in [7, 11) is 0. The van der Waals surface area contributed by atoms with E-state index in [1.165, 1.54) is 100 Å². The van der Waals surface area contributed by atoms with Gasteiger partial charge in [0.05, 0.1) is 5.52 Å². The first kappa shape index (κ1) is 57.2. The Morgan fingerprint density at radius 1 is 0.519 bits per heavy atom. The van der Waals surface area contributed by atoms with Crippen LogP contribution in [0.5, 0.6) is 0 Å². The molecule has 4 atom stereocenters. The standard InChI is InChI=1S/C35H34.C22H19N.C13H14.3C2H6/c1-23-13-17-30-31-18-16-29(22-34(31)35(3,4)33(30)19-23)32-21-28(15-14-24(32)2)27-12-8-11-26(20-27)25-9-6-5-7-10-25;1-16-8-6-7-11-20(16)21-15-18-12-13-23(22(18)14-17(21)2)19-9-4-3-5-10-19;1-11-7-9-13(10-8-11)12-5-3-2-4-6-12;3*1-2/h5-15,17-22,24,29,32H,16H2,1-4H3;3-15H,1-2H3;2-5,7-10,12H,6H2,1H3;3*1-2H3. The zero-order chi connectivity index (χ0) is 55.1. The van der Waals surface area contributed by atoms with E-state index >= 15 is 0 Å². The van der Waals surface area contributed by atoms with Gasteiger partial charge in [0.15, 0.2) is 0 Å². The fourth-order valence-electron chi connectivity index (χ4n) is 11.3. The predicted molar refractivity (Wildman–Crippen MR) is 339 cm³/mol. The summed E-state index contributed by atoms with van der Waals surface area (Å²) in [4.78, 5) is 0. The highest BCUT2D eigenvalue weighted by Crippen LogP contribution is 2.53. The van der Waals surface area contributed by atoms with Crippen molar-refractivity contribution in [2.45, 2.75) is 114 Å². The van der Waals surface area contributed by atoms with Gasteiger partial charge in [-0.3, -0.25) is 0 Å². The van der Waals surface area contributed by atoms with Crippen LogP contribution < -0.4 is 0 Å². The lowest BCUT2D eigenvalue weighted by Crippen LogP contribution is -2.24. The first-order chi connectivity index (χ1) is 37.5. The van der Waals surface area contributed by atoms with E-state index in [0.29, 0.717) is 23.7 Å². The molecule has 12 rings (SSSR count). The summed E-state index contributed by atoms with van der Waals surface area (Å²) in [6.07, 6.45) is 25.6. The summed E-state index contributed by atoms with van der Waals surface area (Å²) >= 11 is 0. The molecule has 1 heteroatoms. The molecule has 77 heavy (non-hydrogen) atoms. The van der Waals surface area contributed by atoms with Gasteiger partial charge in [0.1, 0.15) is 0 Å². The Kier molecular flexibility index (Phi) is 20.1. The molecule has 7 aromatic carbocycles. The van der Waals surface area contributed by atoms with E-state index in [4.69, 9.17) is 0 Å². The summed E-state index contributed by atoms with van der Waals surface area (Å²) in [6, 6.07) is 61.4. The number of para-hydroxylation sites is 1. The molecule has 4 unspecified atom stereocenters. The number of allylic oxidation sites excluding steroid dienone is 12. The Labute approximate surface area is 464 Å². The van der Waals surface area contributed by atoms with Gasteiger partial charge in [0.2, 0.25) is 0 Å². The third-order valence-corrected chi connectivity index (χ3v) is 15.4. The molecule has 1 aromatic heterocycles. The van der Waals surface area contributed by atoms with Crippen LogP contribution in [0.25, 0.3) is 50.0 Å². The van der Waals surface area contributed by atoms with E-state index in [2.05, 4.69) is 284 Å². The molecule has 4 aliphatic rings. The quantitative estimate of drug-likeness (QED) is 0.156. The minimum Gasteiger partial charge on any atom is -0.317 e. The molecule has 0 N–H and O–H groups in total. The Balaban J connectivity index is 0.000000176. The van der Waals surface area contributed by atoms with Crippen LogP contribution in [-0.4, -0.2) is 4.57 Å². The second kappa shape index (κ2) is 27.0. The first-order valence-corrected chi connectivity index (χ1v) is 28.7. The van der Waals surface area contributed by atoms with Gasteiger partial charge in [-0.2, -0.15) is 0 Å². The number of nitrogens with zero attached hydrogens (tertiary/aromatic N) is 1. The SMILES string of the molecule is CC.CC.CC.Cc1ccc(C2C=CC=CC2)cc1.Cc1ccc2c(c1)C(C)(C)C1=CC(C3C=C(c4cccc(-c5ccccc5)c4)C=CC3C)CC=C12.Cc1ccccc1-c1cc2ccn(-c3ccccc3)c2cc1C. The Morgan fingerprint density at radius 3 is 1.88 bits per heavy atom. The average molecular weight is 1010 g/mol. The van der Waals surface area contributed by atoms with Gasteiger partial charge in [0.25, 0.3) is 0 Å². The molecule has 0 fully saturated rings. The lowest BCUT2D eigenvalue weighted by Gasteiger charge is -2.33. The number of hydrogen-bond donors (Lipinski definition) is 0. The van der Waals surface area contributed by atoms with Crippen LogP contribution in [0.3, 0.4) is 0 Å². The summed E-state index contributed by atoms with van der Waals surface area (Å²) < 4.78 is 2.25. The number of aromatic nitrogens is 1. The highest BCUT2D eigenvalue weighted by molar-refractivity contribution is 5.91.